The van der Waals surface area contributed by atoms with Gasteiger partial charge in [0.2, 0.25) is 5.82 Å². The van der Waals surface area contributed by atoms with Gasteiger partial charge in [-0.2, -0.15) is 5.10 Å². The third-order valence-electron chi connectivity index (χ3n) is 3.39. The largest absolute Gasteiger partial charge is 0.307 e. The average molecular weight is 372 g/mol. The number of aromatic amines is 1. The van der Waals surface area contributed by atoms with Crippen molar-refractivity contribution in [3.63, 3.8) is 0 Å². The molecule has 10 heteroatoms. The molecular formula is C16H10ClN5O4. The number of halogens is 1. The summed E-state index contributed by atoms with van der Waals surface area (Å²) in [6.07, 6.45) is 1.16. The highest BCUT2D eigenvalue weighted by atomic mass is 35.5. The number of nitrogens with one attached hydrogen (secondary N) is 2. The zero-order valence-corrected chi connectivity index (χ0v) is 13.7. The standard InChI is InChI=1S/C16H10ClN5O4/c17-12-6-5-10(22(25)26)7-9(12)8-18-21-16(24)14-19-13-4-2-1-3-11(13)15(23)20-14/h1-8H,(H,21,24)(H,19,20,23)/b18-8-. The number of hydrogen-bond donors (Lipinski definition) is 2. The summed E-state index contributed by atoms with van der Waals surface area (Å²) in [5, 5.41) is 15.1. The average Bonchev–Trinajstić information content (AvgIpc) is 2.63. The van der Waals surface area contributed by atoms with E-state index in [0.29, 0.717) is 10.9 Å². The van der Waals surface area contributed by atoms with E-state index in [1.165, 1.54) is 18.2 Å². The van der Waals surface area contributed by atoms with Crippen LogP contribution < -0.4 is 11.0 Å². The van der Waals surface area contributed by atoms with Gasteiger partial charge in [-0.3, -0.25) is 19.7 Å². The van der Waals surface area contributed by atoms with Gasteiger partial charge in [-0.15, -0.1) is 0 Å². The molecule has 1 amide bonds. The number of hydrazone groups is 1. The number of nitrogens with zero attached hydrogens (tertiary/aromatic N) is 3. The fourth-order valence-electron chi connectivity index (χ4n) is 2.15. The zero-order chi connectivity index (χ0) is 18.7. The molecule has 1 aromatic heterocycles. The molecule has 0 aliphatic heterocycles. The Bertz CT molecular complexity index is 1110. The van der Waals surface area contributed by atoms with Gasteiger partial charge in [-0.25, -0.2) is 10.4 Å². The second kappa shape index (κ2) is 7.11. The van der Waals surface area contributed by atoms with E-state index in [4.69, 9.17) is 11.6 Å². The highest BCUT2D eigenvalue weighted by Gasteiger charge is 2.11. The number of carbonyl (C=O) groups is 1. The minimum absolute atomic E-state index is 0.164. The Morgan fingerprint density at radius 1 is 1.31 bits per heavy atom. The van der Waals surface area contributed by atoms with E-state index < -0.39 is 16.4 Å². The summed E-state index contributed by atoms with van der Waals surface area (Å²) in [5.41, 5.74) is 2.19. The van der Waals surface area contributed by atoms with Crippen LogP contribution in [0.15, 0.2) is 52.4 Å². The molecule has 2 N–H and O–H groups in total. The third-order valence-corrected chi connectivity index (χ3v) is 3.73. The Balaban J connectivity index is 1.81. The first-order chi connectivity index (χ1) is 12.5. The molecule has 0 saturated carbocycles. The number of para-hydroxylation sites is 1. The van der Waals surface area contributed by atoms with Crippen molar-refractivity contribution in [1.82, 2.24) is 15.4 Å². The molecule has 0 aliphatic rings. The topological polar surface area (TPSA) is 130 Å². The molecular weight excluding hydrogens is 362 g/mol. The summed E-state index contributed by atoms with van der Waals surface area (Å²) < 4.78 is 0. The molecule has 0 fully saturated rings. The van der Waals surface area contributed by atoms with Crippen LogP contribution in [0.2, 0.25) is 5.02 Å². The molecule has 130 valence electrons. The first-order valence-corrected chi connectivity index (χ1v) is 7.60. The molecule has 1 heterocycles. The van der Waals surface area contributed by atoms with Crippen LogP contribution in [0.4, 0.5) is 5.69 Å². The molecule has 9 nitrogen and oxygen atoms in total. The first-order valence-electron chi connectivity index (χ1n) is 7.22. The normalized spacial score (nSPS) is 11.0. The number of nitro groups is 1. The SMILES string of the molecule is O=C(N/N=C\c1cc([N+](=O)[O-])ccc1Cl)c1nc2ccccc2c(=O)[nH]1. The summed E-state index contributed by atoms with van der Waals surface area (Å²) in [6.45, 7) is 0. The van der Waals surface area contributed by atoms with Gasteiger partial charge in [0.1, 0.15) is 0 Å². The van der Waals surface area contributed by atoms with Crippen LogP contribution in [0.25, 0.3) is 10.9 Å². The predicted molar refractivity (Wildman–Crippen MR) is 95.5 cm³/mol. The number of rotatable bonds is 4. The van der Waals surface area contributed by atoms with Crippen molar-refractivity contribution in [3.8, 4) is 0 Å². The fraction of sp³-hybridized carbons (Fsp3) is 0. The first kappa shape index (κ1) is 17.2. The maximum absolute atomic E-state index is 12.1. The predicted octanol–water partition coefficient (Wildman–Crippen LogP) is 2.25. The van der Waals surface area contributed by atoms with Crippen LogP contribution in [0, 0.1) is 10.1 Å². The van der Waals surface area contributed by atoms with Gasteiger partial charge in [0.05, 0.1) is 22.0 Å². The van der Waals surface area contributed by atoms with Crippen LogP contribution in [-0.4, -0.2) is 27.0 Å². The number of nitro benzene ring substituents is 1. The molecule has 0 aliphatic carbocycles. The monoisotopic (exact) mass is 371 g/mol. The van der Waals surface area contributed by atoms with Crippen molar-refractivity contribution >= 4 is 40.3 Å². The van der Waals surface area contributed by atoms with Gasteiger partial charge < -0.3 is 4.98 Å². The van der Waals surface area contributed by atoms with Crippen LogP contribution in [0.3, 0.4) is 0 Å². The van der Waals surface area contributed by atoms with Crippen LogP contribution >= 0.6 is 11.6 Å². The number of benzene rings is 2. The van der Waals surface area contributed by atoms with Crippen molar-refractivity contribution in [2.75, 3.05) is 0 Å². The van der Waals surface area contributed by atoms with Crippen molar-refractivity contribution in [2.24, 2.45) is 5.10 Å². The van der Waals surface area contributed by atoms with Crippen LogP contribution in [0.1, 0.15) is 16.2 Å². The molecule has 0 radical (unpaired) electrons. The lowest BCUT2D eigenvalue weighted by Gasteiger charge is -2.02. The van der Waals surface area contributed by atoms with Gasteiger partial charge in [0.25, 0.3) is 11.2 Å². The summed E-state index contributed by atoms with van der Waals surface area (Å²) in [5.74, 6) is -0.957. The quantitative estimate of drug-likeness (QED) is 0.412. The van der Waals surface area contributed by atoms with E-state index in [1.54, 1.807) is 24.3 Å². The Kier molecular flexibility index (Phi) is 4.72. The van der Waals surface area contributed by atoms with Crippen molar-refractivity contribution in [2.45, 2.75) is 0 Å². The Morgan fingerprint density at radius 2 is 2.08 bits per heavy atom. The highest BCUT2D eigenvalue weighted by Crippen LogP contribution is 2.20. The van der Waals surface area contributed by atoms with E-state index in [0.717, 1.165) is 6.21 Å². The smallest absolute Gasteiger partial charge is 0.302 e. The Labute approximate surface area is 150 Å². The highest BCUT2D eigenvalue weighted by molar-refractivity contribution is 6.33. The number of hydrogen-bond acceptors (Lipinski definition) is 6. The molecule has 2 aromatic carbocycles. The third kappa shape index (κ3) is 3.57. The van der Waals surface area contributed by atoms with Gasteiger partial charge in [-0.1, -0.05) is 23.7 Å². The van der Waals surface area contributed by atoms with E-state index in [2.05, 4.69) is 20.5 Å². The van der Waals surface area contributed by atoms with E-state index in [-0.39, 0.29) is 22.1 Å². The summed E-state index contributed by atoms with van der Waals surface area (Å²) in [6, 6.07) is 10.4. The van der Waals surface area contributed by atoms with Crippen molar-refractivity contribution in [3.05, 3.63) is 79.3 Å². The summed E-state index contributed by atoms with van der Waals surface area (Å²) in [4.78, 5) is 40.7. The number of aromatic nitrogens is 2. The molecule has 0 bridgehead atoms. The molecule has 0 spiro atoms. The van der Waals surface area contributed by atoms with Crippen molar-refractivity contribution < 1.29 is 9.72 Å². The number of non-ortho nitro benzene ring substituents is 1. The number of amides is 1. The second-order valence-corrected chi connectivity index (χ2v) is 5.50. The van der Waals surface area contributed by atoms with Crippen LogP contribution in [0.5, 0.6) is 0 Å². The lowest BCUT2D eigenvalue weighted by molar-refractivity contribution is -0.384. The Hall–Kier alpha value is -3.59. The minimum Gasteiger partial charge on any atom is -0.302 e. The number of carbonyl (C=O) groups excluding carboxylic acids is 1. The maximum Gasteiger partial charge on any atom is 0.307 e. The van der Waals surface area contributed by atoms with E-state index in [9.17, 15) is 19.7 Å². The molecule has 3 aromatic rings. The molecule has 26 heavy (non-hydrogen) atoms. The lowest BCUT2D eigenvalue weighted by Crippen LogP contribution is -2.24. The fourth-order valence-corrected chi connectivity index (χ4v) is 2.32. The minimum atomic E-state index is -0.745. The molecule has 0 unspecified atom stereocenters. The van der Waals surface area contributed by atoms with Gasteiger partial charge in [0, 0.05) is 22.7 Å². The van der Waals surface area contributed by atoms with E-state index in [1.807, 2.05) is 0 Å². The maximum atomic E-state index is 12.1. The second-order valence-electron chi connectivity index (χ2n) is 5.09. The summed E-state index contributed by atoms with van der Waals surface area (Å²) in [7, 11) is 0. The molecule has 3 rings (SSSR count). The van der Waals surface area contributed by atoms with Crippen molar-refractivity contribution in [1.29, 1.82) is 0 Å². The van der Waals surface area contributed by atoms with Crippen LogP contribution in [-0.2, 0) is 0 Å². The Morgan fingerprint density at radius 3 is 2.85 bits per heavy atom. The van der Waals surface area contributed by atoms with Gasteiger partial charge >= 0.3 is 5.91 Å². The molecule has 0 atom stereocenters. The summed E-state index contributed by atoms with van der Waals surface area (Å²) >= 11 is 5.93. The number of fused-ring (bicyclic) bond motifs is 1. The molecule has 0 saturated heterocycles. The van der Waals surface area contributed by atoms with E-state index >= 15 is 0 Å². The zero-order valence-electron chi connectivity index (χ0n) is 13.0. The van der Waals surface area contributed by atoms with Gasteiger partial charge in [0.15, 0.2) is 0 Å². The number of H-pyrrole nitrogens is 1. The lowest BCUT2D eigenvalue weighted by atomic mass is 10.2. The van der Waals surface area contributed by atoms with Gasteiger partial charge in [-0.05, 0) is 18.2 Å².